The molecule has 32 heavy (non-hydrogen) atoms. The number of ketones is 1. The van der Waals surface area contributed by atoms with Crippen LogP contribution >= 0.6 is 0 Å². The van der Waals surface area contributed by atoms with Crippen LogP contribution in [0.25, 0.3) is 0 Å². The van der Waals surface area contributed by atoms with E-state index in [0.29, 0.717) is 19.3 Å². The molecule has 0 aliphatic heterocycles. The molecule has 0 radical (unpaired) electrons. The van der Waals surface area contributed by atoms with Crippen molar-refractivity contribution in [2.45, 2.75) is 72.8 Å². The Kier molecular flexibility index (Phi) is 6.54. The first-order valence-electron chi connectivity index (χ1n) is 11.6. The van der Waals surface area contributed by atoms with E-state index < -0.39 is 17.5 Å². The van der Waals surface area contributed by atoms with Crippen molar-refractivity contribution in [3.8, 4) is 0 Å². The van der Waals surface area contributed by atoms with Gasteiger partial charge in [-0.25, -0.2) is 0 Å². The van der Waals surface area contributed by atoms with Gasteiger partial charge in [-0.1, -0.05) is 43.7 Å². The molecule has 0 aromatic carbocycles. The highest BCUT2D eigenvalue weighted by Crippen LogP contribution is 2.69. The third-order valence-corrected chi connectivity index (χ3v) is 8.92. The zero-order valence-electron chi connectivity index (χ0n) is 19.9. The molecule has 3 saturated carbocycles. The second-order valence-electron chi connectivity index (χ2n) is 10.7. The van der Waals surface area contributed by atoms with Crippen molar-refractivity contribution < 1.29 is 24.6 Å². The van der Waals surface area contributed by atoms with Crippen LogP contribution in [0, 0.1) is 28.1 Å². The highest BCUT2D eigenvalue weighted by Gasteiger charge is 2.67. The molecule has 2 N–H and O–H groups in total. The minimum absolute atomic E-state index is 0.0681. The number of carbonyl (C=O) groups excluding carboxylic acids is 2. The maximum absolute atomic E-state index is 13.3. The molecule has 3 aliphatic rings. The summed E-state index contributed by atoms with van der Waals surface area (Å²) in [7, 11) is 0. The monoisotopic (exact) mass is 440 g/mol. The van der Waals surface area contributed by atoms with Crippen LogP contribution in [0.15, 0.2) is 47.1 Å². The highest BCUT2D eigenvalue weighted by atomic mass is 16.4. The second kappa shape index (κ2) is 8.58. The van der Waals surface area contributed by atoms with Crippen LogP contribution in [0.1, 0.15) is 66.7 Å². The van der Waals surface area contributed by atoms with Gasteiger partial charge in [-0.2, -0.15) is 0 Å². The number of aliphatic carboxylic acids is 1. The highest BCUT2D eigenvalue weighted by molar-refractivity contribution is 6.01. The van der Waals surface area contributed by atoms with Crippen LogP contribution in [0.4, 0.5) is 0 Å². The van der Waals surface area contributed by atoms with Crippen molar-refractivity contribution in [1.29, 1.82) is 0 Å². The number of allylic oxidation sites excluding steroid dienone is 8. The van der Waals surface area contributed by atoms with Gasteiger partial charge < -0.3 is 10.2 Å². The lowest BCUT2D eigenvalue weighted by atomic mass is 9.43. The summed E-state index contributed by atoms with van der Waals surface area (Å²) in [5.41, 5.74) is 0.967. The predicted molar refractivity (Wildman–Crippen MR) is 124 cm³/mol. The molecule has 3 rings (SSSR count). The maximum atomic E-state index is 13.3. The average Bonchev–Trinajstić information content (AvgIpc) is 3.00. The van der Waals surface area contributed by atoms with Gasteiger partial charge in [0.2, 0.25) is 0 Å². The maximum Gasteiger partial charge on any atom is 0.312 e. The van der Waals surface area contributed by atoms with Crippen LogP contribution < -0.4 is 0 Å². The van der Waals surface area contributed by atoms with Crippen LogP contribution in [0.3, 0.4) is 0 Å². The topological polar surface area (TPSA) is 91.7 Å². The first kappa shape index (κ1) is 24.4. The fourth-order valence-corrected chi connectivity index (χ4v) is 7.23. The number of carbonyl (C=O) groups is 3. The number of hydrogen-bond donors (Lipinski definition) is 2. The minimum atomic E-state index is -1.18. The third-order valence-electron chi connectivity index (χ3n) is 8.92. The second-order valence-corrected chi connectivity index (χ2v) is 10.7. The van der Waals surface area contributed by atoms with Gasteiger partial charge in [0, 0.05) is 17.4 Å². The number of fused-ring (bicyclic) bond motifs is 3. The summed E-state index contributed by atoms with van der Waals surface area (Å²) in [5, 5.41) is 20.7. The summed E-state index contributed by atoms with van der Waals surface area (Å²) in [4.78, 5) is 36.0. The van der Waals surface area contributed by atoms with E-state index in [9.17, 15) is 24.6 Å². The SMILES string of the molecule is CC(/C=C/C=C(C)/C=C/C=O)=C1/C(=O)C[C@@H]2C1(C)CCC1[C@@](C)(C(=O)O)C(O)CC[C@@]12C. The Bertz CT molecular complexity index is 938. The normalized spacial score (nSPS) is 41.6. The molecule has 3 aliphatic carbocycles. The Labute approximate surface area is 191 Å². The number of carboxylic acid groups (broad SMARTS) is 1. The van der Waals surface area contributed by atoms with Crippen LogP contribution in [-0.4, -0.2) is 34.4 Å². The first-order chi connectivity index (χ1) is 14.9. The molecule has 0 aromatic heterocycles. The largest absolute Gasteiger partial charge is 0.481 e. The van der Waals surface area contributed by atoms with Gasteiger partial charge in [0.15, 0.2) is 5.78 Å². The van der Waals surface area contributed by atoms with Crippen LogP contribution in [0.2, 0.25) is 0 Å². The number of aliphatic hydroxyl groups excluding tert-OH is 1. The van der Waals surface area contributed by atoms with Crippen molar-refractivity contribution in [2.24, 2.45) is 28.1 Å². The Morgan fingerprint density at radius 2 is 1.72 bits per heavy atom. The molecule has 5 heteroatoms. The quantitative estimate of drug-likeness (QED) is 0.363. The Balaban J connectivity index is 1.98. The number of rotatable bonds is 5. The van der Waals surface area contributed by atoms with E-state index in [2.05, 4.69) is 13.8 Å². The lowest BCUT2D eigenvalue weighted by molar-refractivity contribution is -0.194. The molecular formula is C27H36O5. The zero-order chi connectivity index (χ0) is 23.9. The number of carboxylic acids is 1. The van der Waals surface area contributed by atoms with Gasteiger partial charge in [0.1, 0.15) is 6.29 Å². The van der Waals surface area contributed by atoms with Gasteiger partial charge in [-0.05, 0) is 75.4 Å². The molecule has 6 atom stereocenters. The molecule has 3 unspecified atom stereocenters. The molecule has 5 nitrogen and oxygen atoms in total. The lowest BCUT2D eigenvalue weighted by Gasteiger charge is -2.61. The van der Waals surface area contributed by atoms with E-state index in [-0.39, 0.29) is 28.4 Å². The number of Topliss-reactive ketones (excluding diaryl/α,β-unsaturated/α-hetero) is 1. The number of aldehydes is 1. The molecule has 0 heterocycles. The Morgan fingerprint density at radius 1 is 1.03 bits per heavy atom. The van der Waals surface area contributed by atoms with Crippen LogP contribution in [0.5, 0.6) is 0 Å². The summed E-state index contributed by atoms with van der Waals surface area (Å²) in [6.07, 6.45) is 11.9. The van der Waals surface area contributed by atoms with Crippen molar-refractivity contribution in [2.75, 3.05) is 0 Å². The van der Waals surface area contributed by atoms with E-state index >= 15 is 0 Å². The molecular weight excluding hydrogens is 404 g/mol. The predicted octanol–water partition coefficient (Wildman–Crippen LogP) is 4.82. The summed E-state index contributed by atoms with van der Waals surface area (Å²) in [6, 6.07) is 0. The van der Waals surface area contributed by atoms with E-state index in [4.69, 9.17) is 0 Å². The standard InChI is InChI=1S/C27H36O5/c1-17(9-7-15-28)8-6-10-18(2)23-19(29)16-21-25(3)14-12-22(30)27(5,24(31)32)20(25)11-13-26(21,23)4/h6-10,15,20-22,30H,11-14,16H2,1-5H3,(H,31,32)/b9-7+,10-6+,17-8+,23-18+/t20?,21-,22?,25-,26?,27+/m0/s1. The number of hydrogen-bond acceptors (Lipinski definition) is 4. The van der Waals surface area contributed by atoms with Crippen molar-refractivity contribution in [1.82, 2.24) is 0 Å². The molecule has 3 fully saturated rings. The van der Waals surface area contributed by atoms with E-state index in [1.807, 2.05) is 32.1 Å². The van der Waals surface area contributed by atoms with Gasteiger partial charge in [0.25, 0.3) is 0 Å². The van der Waals surface area contributed by atoms with Gasteiger partial charge in [-0.15, -0.1) is 0 Å². The summed E-state index contributed by atoms with van der Waals surface area (Å²) in [5.74, 6) is -0.869. The fourth-order valence-electron chi connectivity index (χ4n) is 7.23. The molecule has 0 spiro atoms. The summed E-state index contributed by atoms with van der Waals surface area (Å²) < 4.78 is 0. The summed E-state index contributed by atoms with van der Waals surface area (Å²) in [6.45, 7) is 9.90. The van der Waals surface area contributed by atoms with Crippen molar-refractivity contribution in [3.05, 3.63) is 47.1 Å². The summed E-state index contributed by atoms with van der Waals surface area (Å²) >= 11 is 0. The van der Waals surface area contributed by atoms with Crippen LogP contribution in [-0.2, 0) is 14.4 Å². The third kappa shape index (κ3) is 3.64. The smallest absolute Gasteiger partial charge is 0.312 e. The fraction of sp³-hybridized carbons (Fsp3) is 0.593. The molecule has 0 saturated heterocycles. The average molecular weight is 441 g/mol. The minimum Gasteiger partial charge on any atom is -0.481 e. The van der Waals surface area contributed by atoms with E-state index in [1.165, 1.54) is 6.08 Å². The van der Waals surface area contributed by atoms with Crippen molar-refractivity contribution in [3.63, 3.8) is 0 Å². The molecule has 174 valence electrons. The Hall–Kier alpha value is -2.27. The van der Waals surface area contributed by atoms with Gasteiger partial charge >= 0.3 is 5.97 Å². The molecule has 0 amide bonds. The lowest BCUT2D eigenvalue weighted by Crippen LogP contribution is -2.61. The van der Waals surface area contributed by atoms with Gasteiger partial charge in [0.05, 0.1) is 11.5 Å². The first-order valence-corrected chi connectivity index (χ1v) is 11.6. The van der Waals surface area contributed by atoms with Crippen molar-refractivity contribution >= 4 is 18.0 Å². The molecule has 0 aromatic rings. The zero-order valence-corrected chi connectivity index (χ0v) is 19.9. The van der Waals surface area contributed by atoms with E-state index in [0.717, 1.165) is 35.8 Å². The van der Waals surface area contributed by atoms with Gasteiger partial charge in [-0.3, -0.25) is 14.4 Å². The Morgan fingerprint density at radius 3 is 2.34 bits per heavy atom. The number of aliphatic hydroxyl groups is 1. The van der Waals surface area contributed by atoms with E-state index in [1.54, 1.807) is 13.0 Å². The molecule has 0 bridgehead atoms.